The molecule has 2 aliphatic rings. The third-order valence-corrected chi connectivity index (χ3v) is 4.31. The summed E-state index contributed by atoms with van der Waals surface area (Å²) in [5.41, 5.74) is 3.05. The highest BCUT2D eigenvalue weighted by atomic mass is 19.3. The van der Waals surface area contributed by atoms with E-state index in [1.807, 2.05) is 13.8 Å². The van der Waals surface area contributed by atoms with Crippen molar-refractivity contribution in [3.8, 4) is 11.5 Å². The van der Waals surface area contributed by atoms with Crippen LogP contribution in [0.1, 0.15) is 48.4 Å². The Kier molecular flexibility index (Phi) is 3.91. The van der Waals surface area contributed by atoms with Gasteiger partial charge in [-0.2, -0.15) is 0 Å². The van der Waals surface area contributed by atoms with Gasteiger partial charge in [-0.1, -0.05) is 13.8 Å². The molecule has 1 aromatic rings. The zero-order valence-corrected chi connectivity index (χ0v) is 13.0. The van der Waals surface area contributed by atoms with Crippen LogP contribution in [0.4, 0.5) is 8.78 Å². The topological polar surface area (TPSA) is 67.8 Å². The highest BCUT2D eigenvalue weighted by Gasteiger charge is 2.48. The van der Waals surface area contributed by atoms with Crippen molar-refractivity contribution in [1.29, 1.82) is 0 Å². The van der Waals surface area contributed by atoms with Crippen molar-refractivity contribution in [2.45, 2.75) is 58.0 Å². The molecule has 0 saturated heterocycles. The largest absolute Gasteiger partial charge is 0.586 e. The first-order valence-electron chi connectivity index (χ1n) is 7.68. The fourth-order valence-corrected chi connectivity index (χ4v) is 3.53. The van der Waals surface area contributed by atoms with Crippen molar-refractivity contribution >= 4 is 6.41 Å². The molecular weight excluding hydrogens is 308 g/mol. The average molecular weight is 327 g/mol. The lowest BCUT2D eigenvalue weighted by atomic mass is 9.87. The van der Waals surface area contributed by atoms with Gasteiger partial charge in [-0.3, -0.25) is 4.79 Å². The number of aliphatic hydroxyl groups excluding tert-OH is 1. The van der Waals surface area contributed by atoms with Crippen LogP contribution in [0.15, 0.2) is 0 Å². The van der Waals surface area contributed by atoms with Crippen LogP contribution in [-0.4, -0.2) is 24.0 Å². The predicted octanol–water partition coefficient (Wildman–Crippen LogP) is 2.23. The number of rotatable bonds is 5. The maximum Gasteiger partial charge on any atom is 0.586 e. The molecule has 1 aliphatic heterocycles. The number of halogens is 2. The zero-order chi connectivity index (χ0) is 16.8. The number of hydrogen-bond acceptors (Lipinski definition) is 4. The summed E-state index contributed by atoms with van der Waals surface area (Å²) in [5.74, 6) is 0.109. The molecule has 126 valence electrons. The number of carbonyl (C=O) groups excluding carboxylic acids is 1. The number of benzene rings is 1. The molecule has 0 fully saturated rings. The molecule has 1 unspecified atom stereocenters. The number of nitrogens with one attached hydrogen (secondary N) is 1. The van der Waals surface area contributed by atoms with E-state index in [1.165, 1.54) is 0 Å². The molecule has 0 saturated carbocycles. The molecule has 3 rings (SSSR count). The fourth-order valence-electron chi connectivity index (χ4n) is 3.53. The monoisotopic (exact) mass is 327 g/mol. The quantitative estimate of drug-likeness (QED) is 0.643. The molecule has 1 amide bonds. The number of carbonyl (C=O) groups is 1. The average Bonchev–Trinajstić information content (AvgIpc) is 3.01. The highest BCUT2D eigenvalue weighted by Crippen LogP contribution is 2.53. The van der Waals surface area contributed by atoms with Crippen LogP contribution in [0.5, 0.6) is 11.5 Å². The molecule has 1 aromatic carbocycles. The van der Waals surface area contributed by atoms with Gasteiger partial charge in [0, 0.05) is 17.5 Å². The van der Waals surface area contributed by atoms with Crippen LogP contribution in [-0.2, 0) is 24.1 Å². The molecule has 0 aromatic heterocycles. The number of fused-ring (bicyclic) bond motifs is 3. The number of alkyl halides is 2. The van der Waals surface area contributed by atoms with E-state index in [0.29, 0.717) is 18.4 Å². The maximum atomic E-state index is 13.6. The molecule has 0 spiro atoms. The molecule has 0 radical (unpaired) electrons. The van der Waals surface area contributed by atoms with E-state index < -0.39 is 12.5 Å². The van der Waals surface area contributed by atoms with E-state index in [9.17, 15) is 18.7 Å². The molecule has 0 bridgehead atoms. The standard InChI is InChI=1S/C16H19F2NO4/c1-8(2)13-11(6-12(21)19-7-20)9-4-3-5-10(9)14-15(13)23-16(17,18)22-14/h7-8,12,21H,3-6H2,1-2H3,(H,19,20). The van der Waals surface area contributed by atoms with Gasteiger partial charge in [0.15, 0.2) is 11.5 Å². The second kappa shape index (κ2) is 5.63. The Morgan fingerprint density at radius 1 is 1.26 bits per heavy atom. The number of ether oxygens (including phenoxy) is 2. The van der Waals surface area contributed by atoms with Crippen LogP contribution in [0.3, 0.4) is 0 Å². The van der Waals surface area contributed by atoms with Crippen LogP contribution < -0.4 is 14.8 Å². The smallest absolute Gasteiger partial charge is 0.395 e. The molecule has 1 aliphatic carbocycles. The number of amides is 1. The first-order valence-corrected chi connectivity index (χ1v) is 7.68. The Morgan fingerprint density at radius 3 is 2.57 bits per heavy atom. The molecule has 1 atom stereocenters. The lowest BCUT2D eigenvalue weighted by molar-refractivity contribution is -0.287. The fraction of sp³-hybridized carbons (Fsp3) is 0.562. The Bertz CT molecular complexity index is 646. The Hall–Kier alpha value is -1.89. The first-order chi connectivity index (χ1) is 10.8. The lowest BCUT2D eigenvalue weighted by Crippen LogP contribution is -2.30. The summed E-state index contributed by atoms with van der Waals surface area (Å²) >= 11 is 0. The van der Waals surface area contributed by atoms with Gasteiger partial charge in [0.1, 0.15) is 6.23 Å². The highest BCUT2D eigenvalue weighted by molar-refractivity contribution is 5.64. The third-order valence-electron chi connectivity index (χ3n) is 4.31. The summed E-state index contributed by atoms with van der Waals surface area (Å²) in [6.45, 7) is 3.75. The minimum atomic E-state index is -3.67. The van der Waals surface area contributed by atoms with Gasteiger partial charge in [0.25, 0.3) is 0 Å². The Morgan fingerprint density at radius 2 is 1.91 bits per heavy atom. The molecular formula is C16H19F2NO4. The normalized spacial score (nSPS) is 18.9. The second-order valence-corrected chi connectivity index (χ2v) is 6.19. The minimum Gasteiger partial charge on any atom is -0.395 e. The van der Waals surface area contributed by atoms with Crippen molar-refractivity contribution in [1.82, 2.24) is 5.32 Å². The van der Waals surface area contributed by atoms with E-state index in [2.05, 4.69) is 5.32 Å². The van der Waals surface area contributed by atoms with Gasteiger partial charge in [0.05, 0.1) is 0 Å². The van der Waals surface area contributed by atoms with Crippen LogP contribution in [0, 0.1) is 0 Å². The van der Waals surface area contributed by atoms with Crippen molar-refractivity contribution < 1.29 is 28.2 Å². The maximum absolute atomic E-state index is 13.6. The molecule has 23 heavy (non-hydrogen) atoms. The molecule has 5 nitrogen and oxygen atoms in total. The van der Waals surface area contributed by atoms with E-state index in [0.717, 1.165) is 29.5 Å². The van der Waals surface area contributed by atoms with E-state index >= 15 is 0 Å². The second-order valence-electron chi connectivity index (χ2n) is 6.19. The van der Waals surface area contributed by atoms with Crippen LogP contribution in [0.2, 0.25) is 0 Å². The molecule has 7 heteroatoms. The Balaban J connectivity index is 2.16. The number of aliphatic hydroxyl groups is 1. The molecule has 2 N–H and O–H groups in total. The third kappa shape index (κ3) is 2.73. The van der Waals surface area contributed by atoms with Crippen LogP contribution >= 0.6 is 0 Å². The first kappa shape index (κ1) is 16.0. The van der Waals surface area contributed by atoms with Gasteiger partial charge in [-0.25, -0.2) is 0 Å². The summed E-state index contributed by atoms with van der Waals surface area (Å²) in [6, 6.07) is 0. The molecule has 1 heterocycles. The van der Waals surface area contributed by atoms with Crippen molar-refractivity contribution in [2.75, 3.05) is 0 Å². The van der Waals surface area contributed by atoms with E-state index in [4.69, 9.17) is 9.47 Å². The minimum absolute atomic E-state index is 0.0685. The van der Waals surface area contributed by atoms with Gasteiger partial charge < -0.3 is 19.9 Å². The lowest BCUT2D eigenvalue weighted by Gasteiger charge is -2.21. The summed E-state index contributed by atoms with van der Waals surface area (Å²) in [4.78, 5) is 10.5. The van der Waals surface area contributed by atoms with Crippen molar-refractivity contribution in [3.63, 3.8) is 0 Å². The van der Waals surface area contributed by atoms with Gasteiger partial charge in [-0.05, 0) is 36.3 Å². The van der Waals surface area contributed by atoms with E-state index in [-0.39, 0.29) is 23.8 Å². The summed E-state index contributed by atoms with van der Waals surface area (Å²) in [5, 5.41) is 12.2. The SMILES string of the molecule is CC(C)c1c(CC(O)NC=O)c2c(c3c1OC(F)(F)O3)CCC2. The van der Waals surface area contributed by atoms with Gasteiger partial charge >= 0.3 is 6.29 Å². The van der Waals surface area contributed by atoms with Gasteiger partial charge in [0.2, 0.25) is 6.41 Å². The van der Waals surface area contributed by atoms with Crippen molar-refractivity contribution in [2.24, 2.45) is 0 Å². The van der Waals surface area contributed by atoms with Gasteiger partial charge in [-0.15, -0.1) is 8.78 Å². The number of hydrogen-bond donors (Lipinski definition) is 2. The Labute approximate surface area is 132 Å². The summed E-state index contributed by atoms with van der Waals surface area (Å²) < 4.78 is 36.7. The van der Waals surface area contributed by atoms with E-state index in [1.54, 1.807) is 0 Å². The predicted molar refractivity (Wildman–Crippen MR) is 77.7 cm³/mol. The van der Waals surface area contributed by atoms with Crippen LogP contribution in [0.25, 0.3) is 0 Å². The van der Waals surface area contributed by atoms with Crippen molar-refractivity contribution in [3.05, 3.63) is 22.3 Å². The summed E-state index contributed by atoms with van der Waals surface area (Å²) in [7, 11) is 0. The zero-order valence-electron chi connectivity index (χ0n) is 13.0. The summed E-state index contributed by atoms with van der Waals surface area (Å²) in [6.07, 6.45) is -1.96.